The monoisotopic (exact) mass is 248 g/mol. The second kappa shape index (κ2) is 5.08. The maximum atomic E-state index is 12.5. The largest absolute Gasteiger partial charge is 0.377 e. The van der Waals surface area contributed by atoms with Gasteiger partial charge in [-0.2, -0.15) is 0 Å². The Morgan fingerprint density at radius 3 is 2.67 bits per heavy atom. The molecule has 0 saturated carbocycles. The van der Waals surface area contributed by atoms with Crippen LogP contribution in [0.4, 0.5) is 0 Å². The zero-order chi connectivity index (χ0) is 13.2. The minimum Gasteiger partial charge on any atom is -0.377 e. The molecule has 4 heteroatoms. The lowest BCUT2D eigenvalue weighted by atomic mass is 9.99. The Balaban J connectivity index is 2.16. The van der Waals surface area contributed by atoms with Crippen LogP contribution >= 0.6 is 0 Å². The lowest BCUT2D eigenvalue weighted by Gasteiger charge is -2.43. The summed E-state index contributed by atoms with van der Waals surface area (Å²) in [6.07, 6.45) is 0. The molecule has 2 N–H and O–H groups in total. The van der Waals surface area contributed by atoms with E-state index in [-0.39, 0.29) is 11.4 Å². The molecule has 0 bridgehead atoms. The van der Waals surface area contributed by atoms with Crippen LogP contribution in [0.5, 0.6) is 0 Å². The van der Waals surface area contributed by atoms with Crippen LogP contribution in [0.1, 0.15) is 25.5 Å². The van der Waals surface area contributed by atoms with Crippen molar-refractivity contribution in [3.05, 3.63) is 35.9 Å². The Hall–Kier alpha value is -1.39. The summed E-state index contributed by atoms with van der Waals surface area (Å²) < 4.78 is 5.42. The highest BCUT2D eigenvalue weighted by Gasteiger charge is 2.36. The number of benzene rings is 1. The van der Waals surface area contributed by atoms with Crippen molar-refractivity contribution in [1.82, 2.24) is 4.90 Å². The molecule has 18 heavy (non-hydrogen) atoms. The lowest BCUT2D eigenvalue weighted by Crippen LogP contribution is -2.57. The van der Waals surface area contributed by atoms with E-state index in [1.54, 1.807) is 0 Å². The van der Waals surface area contributed by atoms with Crippen molar-refractivity contribution in [2.24, 2.45) is 5.73 Å². The third kappa shape index (κ3) is 2.54. The van der Waals surface area contributed by atoms with Gasteiger partial charge in [0.15, 0.2) is 0 Å². The van der Waals surface area contributed by atoms with Crippen LogP contribution in [0, 0.1) is 0 Å². The van der Waals surface area contributed by atoms with Gasteiger partial charge in [-0.1, -0.05) is 30.3 Å². The van der Waals surface area contributed by atoms with Crippen LogP contribution < -0.4 is 5.73 Å². The van der Waals surface area contributed by atoms with Gasteiger partial charge in [-0.25, -0.2) is 0 Å². The minimum absolute atomic E-state index is 0.0329. The third-order valence-corrected chi connectivity index (χ3v) is 3.34. The Morgan fingerprint density at radius 2 is 2.06 bits per heavy atom. The van der Waals surface area contributed by atoms with Crippen LogP contribution in [0.2, 0.25) is 0 Å². The predicted octanol–water partition coefficient (Wildman–Crippen LogP) is 1.32. The van der Waals surface area contributed by atoms with Crippen LogP contribution in [-0.2, 0) is 9.53 Å². The lowest BCUT2D eigenvalue weighted by molar-refractivity contribution is -0.147. The fourth-order valence-electron chi connectivity index (χ4n) is 2.24. The molecule has 2 rings (SSSR count). The SMILES string of the molecule is CC1(C)COCCN1C(=O)C(N)c1ccccc1. The zero-order valence-corrected chi connectivity index (χ0v) is 10.9. The highest BCUT2D eigenvalue weighted by Crippen LogP contribution is 2.23. The quantitative estimate of drug-likeness (QED) is 0.859. The molecular weight excluding hydrogens is 228 g/mol. The van der Waals surface area contributed by atoms with E-state index in [4.69, 9.17) is 10.5 Å². The van der Waals surface area contributed by atoms with Gasteiger partial charge in [-0.3, -0.25) is 4.79 Å². The summed E-state index contributed by atoms with van der Waals surface area (Å²) in [5.41, 5.74) is 6.62. The van der Waals surface area contributed by atoms with Crippen molar-refractivity contribution in [3.63, 3.8) is 0 Å². The molecule has 0 aliphatic carbocycles. The zero-order valence-electron chi connectivity index (χ0n) is 10.9. The minimum atomic E-state index is -0.594. The number of hydrogen-bond donors (Lipinski definition) is 1. The fourth-order valence-corrected chi connectivity index (χ4v) is 2.24. The first kappa shape index (κ1) is 13.1. The van der Waals surface area contributed by atoms with Crippen LogP contribution in [0.3, 0.4) is 0 Å². The molecule has 1 aromatic carbocycles. The molecule has 1 saturated heterocycles. The van der Waals surface area contributed by atoms with E-state index < -0.39 is 6.04 Å². The van der Waals surface area contributed by atoms with E-state index >= 15 is 0 Å². The molecule has 1 amide bonds. The first-order valence-corrected chi connectivity index (χ1v) is 6.22. The number of carbonyl (C=O) groups excluding carboxylic acids is 1. The molecule has 1 aromatic rings. The average Bonchev–Trinajstić information content (AvgIpc) is 2.37. The van der Waals surface area contributed by atoms with Crippen LogP contribution in [-0.4, -0.2) is 36.1 Å². The van der Waals surface area contributed by atoms with Crippen molar-refractivity contribution in [2.75, 3.05) is 19.8 Å². The maximum absolute atomic E-state index is 12.5. The van der Waals surface area contributed by atoms with Gasteiger partial charge < -0.3 is 15.4 Å². The Labute approximate surface area is 108 Å². The highest BCUT2D eigenvalue weighted by molar-refractivity contribution is 5.83. The molecule has 1 heterocycles. The number of rotatable bonds is 2. The standard InChI is InChI=1S/C14H20N2O2/c1-14(2)10-18-9-8-16(14)13(17)12(15)11-6-4-3-5-7-11/h3-7,12H,8-10,15H2,1-2H3. The van der Waals surface area contributed by atoms with E-state index in [0.29, 0.717) is 19.8 Å². The molecule has 1 aliphatic heterocycles. The molecule has 4 nitrogen and oxygen atoms in total. The summed E-state index contributed by atoms with van der Waals surface area (Å²) in [6.45, 7) is 5.74. The van der Waals surface area contributed by atoms with E-state index in [9.17, 15) is 4.79 Å². The topological polar surface area (TPSA) is 55.6 Å². The highest BCUT2D eigenvalue weighted by atomic mass is 16.5. The van der Waals surface area contributed by atoms with Gasteiger partial charge in [0.2, 0.25) is 5.91 Å². The van der Waals surface area contributed by atoms with Crippen molar-refractivity contribution in [3.8, 4) is 0 Å². The number of nitrogens with zero attached hydrogens (tertiary/aromatic N) is 1. The molecule has 1 fully saturated rings. The number of amides is 1. The second-order valence-corrected chi connectivity index (χ2v) is 5.24. The first-order chi connectivity index (χ1) is 8.52. The van der Waals surface area contributed by atoms with Crippen molar-refractivity contribution in [2.45, 2.75) is 25.4 Å². The first-order valence-electron chi connectivity index (χ1n) is 6.22. The van der Waals surface area contributed by atoms with Gasteiger partial charge in [0.25, 0.3) is 0 Å². The normalized spacial score (nSPS) is 20.5. The third-order valence-electron chi connectivity index (χ3n) is 3.34. The summed E-state index contributed by atoms with van der Waals surface area (Å²) in [5.74, 6) is -0.0329. The molecule has 1 aliphatic rings. The summed E-state index contributed by atoms with van der Waals surface area (Å²) in [4.78, 5) is 14.3. The van der Waals surface area contributed by atoms with E-state index in [1.165, 1.54) is 0 Å². The molecule has 0 radical (unpaired) electrons. The fraction of sp³-hybridized carbons (Fsp3) is 0.500. The number of ether oxygens (including phenoxy) is 1. The number of morpholine rings is 1. The van der Waals surface area contributed by atoms with Gasteiger partial charge in [0.1, 0.15) is 6.04 Å². The summed E-state index contributed by atoms with van der Waals surface area (Å²) in [6, 6.07) is 8.88. The molecule has 0 aromatic heterocycles. The van der Waals surface area contributed by atoms with Gasteiger partial charge in [0.05, 0.1) is 18.8 Å². The molecule has 1 unspecified atom stereocenters. The molecule has 98 valence electrons. The Morgan fingerprint density at radius 1 is 1.39 bits per heavy atom. The van der Waals surface area contributed by atoms with Crippen LogP contribution in [0.25, 0.3) is 0 Å². The second-order valence-electron chi connectivity index (χ2n) is 5.24. The Bertz CT molecular complexity index is 417. The van der Waals surface area contributed by atoms with E-state index in [0.717, 1.165) is 5.56 Å². The van der Waals surface area contributed by atoms with Crippen molar-refractivity contribution >= 4 is 5.91 Å². The molecule has 0 spiro atoms. The van der Waals surface area contributed by atoms with Gasteiger partial charge >= 0.3 is 0 Å². The van der Waals surface area contributed by atoms with Gasteiger partial charge in [-0.15, -0.1) is 0 Å². The molecular formula is C14H20N2O2. The number of carbonyl (C=O) groups is 1. The summed E-state index contributed by atoms with van der Waals surface area (Å²) in [5, 5.41) is 0. The summed E-state index contributed by atoms with van der Waals surface area (Å²) >= 11 is 0. The van der Waals surface area contributed by atoms with Gasteiger partial charge in [-0.05, 0) is 19.4 Å². The Kier molecular flexibility index (Phi) is 3.68. The predicted molar refractivity (Wildman–Crippen MR) is 70.0 cm³/mol. The number of nitrogens with two attached hydrogens (primary N) is 1. The smallest absolute Gasteiger partial charge is 0.244 e. The average molecular weight is 248 g/mol. The van der Waals surface area contributed by atoms with Crippen molar-refractivity contribution < 1.29 is 9.53 Å². The molecule has 1 atom stereocenters. The van der Waals surface area contributed by atoms with Crippen molar-refractivity contribution in [1.29, 1.82) is 0 Å². The maximum Gasteiger partial charge on any atom is 0.244 e. The summed E-state index contributed by atoms with van der Waals surface area (Å²) in [7, 11) is 0. The van der Waals surface area contributed by atoms with Crippen LogP contribution in [0.15, 0.2) is 30.3 Å². The number of hydrogen-bond acceptors (Lipinski definition) is 3. The van der Waals surface area contributed by atoms with Gasteiger partial charge in [0, 0.05) is 6.54 Å². The van der Waals surface area contributed by atoms with E-state index in [1.807, 2.05) is 49.1 Å². The van der Waals surface area contributed by atoms with E-state index in [2.05, 4.69) is 0 Å².